The molecule has 0 aliphatic carbocycles. The summed E-state index contributed by atoms with van der Waals surface area (Å²) in [6, 6.07) is 5.77. The van der Waals surface area contributed by atoms with E-state index < -0.39 is 6.04 Å². The van der Waals surface area contributed by atoms with E-state index in [4.69, 9.17) is 5.73 Å². The topological polar surface area (TPSA) is 46.3 Å². The summed E-state index contributed by atoms with van der Waals surface area (Å²) in [7, 11) is 0. The molecule has 16 heavy (non-hydrogen) atoms. The van der Waals surface area contributed by atoms with Gasteiger partial charge >= 0.3 is 0 Å². The molecule has 0 aromatic heterocycles. The van der Waals surface area contributed by atoms with Crippen LogP contribution in [0.15, 0.2) is 18.2 Å². The average Bonchev–Trinajstić information content (AvgIpc) is 2.59. The molecule has 0 saturated carbocycles. The van der Waals surface area contributed by atoms with Gasteiger partial charge in [-0.25, -0.2) is 0 Å². The molecule has 1 aromatic carbocycles. The second-order valence-electron chi connectivity index (χ2n) is 4.16. The number of nitrogens with two attached hydrogens (primary N) is 1. The van der Waals surface area contributed by atoms with Gasteiger partial charge in [0, 0.05) is 12.2 Å². The van der Waals surface area contributed by atoms with Crippen LogP contribution in [-0.4, -0.2) is 18.5 Å². The monoisotopic (exact) mass is 240 g/mol. The zero-order valence-corrected chi connectivity index (χ0v) is 10.4. The summed E-state index contributed by atoms with van der Waals surface area (Å²) in [6.45, 7) is 4.56. The third-order valence-electron chi connectivity index (χ3n) is 2.79. The molecule has 1 heterocycles. The van der Waals surface area contributed by atoms with Gasteiger partial charge < -0.3 is 10.6 Å². The summed E-state index contributed by atoms with van der Waals surface area (Å²) < 4.78 is 0. The highest BCUT2D eigenvalue weighted by atomic mass is 35.5. The zero-order chi connectivity index (χ0) is 11.0. The Morgan fingerprint density at radius 2 is 2.19 bits per heavy atom. The molecule has 4 heteroatoms. The SMILES string of the molecule is Cc1ccc2c(c1)CCN2C(=O)C(C)N.Cl. The maximum Gasteiger partial charge on any atom is 0.243 e. The third-order valence-corrected chi connectivity index (χ3v) is 2.79. The van der Waals surface area contributed by atoms with E-state index in [2.05, 4.69) is 13.0 Å². The Kier molecular flexibility index (Phi) is 3.94. The molecule has 1 unspecified atom stereocenters. The van der Waals surface area contributed by atoms with Gasteiger partial charge in [0.15, 0.2) is 0 Å². The highest BCUT2D eigenvalue weighted by Crippen LogP contribution is 2.28. The van der Waals surface area contributed by atoms with Crippen molar-refractivity contribution in [3.05, 3.63) is 29.3 Å². The minimum Gasteiger partial charge on any atom is -0.320 e. The van der Waals surface area contributed by atoms with Gasteiger partial charge in [-0.2, -0.15) is 0 Å². The van der Waals surface area contributed by atoms with E-state index in [0.717, 1.165) is 18.7 Å². The lowest BCUT2D eigenvalue weighted by molar-refractivity contribution is -0.119. The molecular weight excluding hydrogens is 224 g/mol. The number of hydrogen-bond donors (Lipinski definition) is 1. The fraction of sp³-hybridized carbons (Fsp3) is 0.417. The summed E-state index contributed by atoms with van der Waals surface area (Å²) >= 11 is 0. The van der Waals surface area contributed by atoms with Crippen molar-refractivity contribution in [3.63, 3.8) is 0 Å². The van der Waals surface area contributed by atoms with Crippen molar-refractivity contribution in [1.29, 1.82) is 0 Å². The molecule has 1 amide bonds. The Bertz CT molecular complexity index is 404. The lowest BCUT2D eigenvalue weighted by Crippen LogP contribution is -2.41. The van der Waals surface area contributed by atoms with Crippen LogP contribution in [0.5, 0.6) is 0 Å². The van der Waals surface area contributed by atoms with Crippen molar-refractivity contribution in [2.45, 2.75) is 26.3 Å². The fourth-order valence-electron chi connectivity index (χ4n) is 2.01. The number of halogens is 1. The summed E-state index contributed by atoms with van der Waals surface area (Å²) in [5, 5.41) is 0. The Morgan fingerprint density at radius 1 is 1.50 bits per heavy atom. The van der Waals surface area contributed by atoms with E-state index >= 15 is 0 Å². The van der Waals surface area contributed by atoms with Gasteiger partial charge in [0.05, 0.1) is 6.04 Å². The van der Waals surface area contributed by atoms with Crippen LogP contribution in [-0.2, 0) is 11.2 Å². The van der Waals surface area contributed by atoms with Crippen LogP contribution in [0.25, 0.3) is 0 Å². The van der Waals surface area contributed by atoms with E-state index in [1.807, 2.05) is 12.1 Å². The van der Waals surface area contributed by atoms with E-state index in [9.17, 15) is 4.79 Å². The lowest BCUT2D eigenvalue weighted by atomic mass is 10.1. The number of benzene rings is 1. The van der Waals surface area contributed by atoms with Gasteiger partial charge in [-0.3, -0.25) is 4.79 Å². The molecule has 0 spiro atoms. The smallest absolute Gasteiger partial charge is 0.243 e. The van der Waals surface area contributed by atoms with Gasteiger partial charge in [-0.1, -0.05) is 17.7 Å². The minimum atomic E-state index is -0.419. The van der Waals surface area contributed by atoms with Gasteiger partial charge in [0.1, 0.15) is 0 Å². The Morgan fingerprint density at radius 3 is 2.81 bits per heavy atom. The predicted octanol–water partition coefficient (Wildman–Crippen LogP) is 1.65. The van der Waals surface area contributed by atoms with Crippen molar-refractivity contribution in [2.75, 3.05) is 11.4 Å². The summed E-state index contributed by atoms with van der Waals surface area (Å²) in [4.78, 5) is 13.6. The Balaban J connectivity index is 0.00000128. The second kappa shape index (κ2) is 4.85. The predicted molar refractivity (Wildman–Crippen MR) is 68.1 cm³/mol. The number of hydrogen-bond acceptors (Lipinski definition) is 2. The van der Waals surface area contributed by atoms with Crippen molar-refractivity contribution in [3.8, 4) is 0 Å². The van der Waals surface area contributed by atoms with E-state index in [1.165, 1.54) is 11.1 Å². The molecule has 0 radical (unpaired) electrons. The maximum absolute atomic E-state index is 11.8. The number of carbonyl (C=O) groups is 1. The maximum atomic E-state index is 11.8. The molecule has 88 valence electrons. The molecule has 1 aromatic rings. The van der Waals surface area contributed by atoms with Gasteiger partial charge in [-0.05, 0) is 31.9 Å². The summed E-state index contributed by atoms with van der Waals surface area (Å²) in [5.41, 5.74) is 9.14. The number of rotatable bonds is 1. The molecule has 0 fully saturated rings. The number of aryl methyl sites for hydroxylation is 1. The number of nitrogens with zero attached hydrogens (tertiary/aromatic N) is 1. The number of fused-ring (bicyclic) bond motifs is 1. The average molecular weight is 241 g/mol. The lowest BCUT2D eigenvalue weighted by Gasteiger charge is -2.19. The normalized spacial score (nSPS) is 15.3. The second-order valence-corrected chi connectivity index (χ2v) is 4.16. The van der Waals surface area contributed by atoms with E-state index in [-0.39, 0.29) is 18.3 Å². The van der Waals surface area contributed by atoms with Gasteiger partial charge in [0.2, 0.25) is 5.91 Å². The van der Waals surface area contributed by atoms with Crippen LogP contribution < -0.4 is 10.6 Å². The standard InChI is InChI=1S/C12H16N2O.ClH/c1-8-3-4-11-10(7-8)5-6-14(11)12(15)9(2)13;/h3-4,7,9H,5-6,13H2,1-2H3;1H. The number of carbonyl (C=O) groups excluding carboxylic acids is 1. The highest BCUT2D eigenvalue weighted by molar-refractivity contribution is 5.98. The first-order valence-electron chi connectivity index (χ1n) is 5.26. The molecule has 2 rings (SSSR count). The zero-order valence-electron chi connectivity index (χ0n) is 9.56. The van der Waals surface area contributed by atoms with Crippen molar-refractivity contribution in [1.82, 2.24) is 0 Å². The first-order chi connectivity index (χ1) is 7.09. The fourth-order valence-corrected chi connectivity index (χ4v) is 2.01. The van der Waals surface area contributed by atoms with Crippen LogP contribution in [0, 0.1) is 6.92 Å². The van der Waals surface area contributed by atoms with Gasteiger partial charge in [-0.15, -0.1) is 12.4 Å². The molecule has 1 atom stereocenters. The van der Waals surface area contributed by atoms with Crippen LogP contribution >= 0.6 is 12.4 Å². The quantitative estimate of drug-likeness (QED) is 0.812. The van der Waals surface area contributed by atoms with Crippen LogP contribution in [0.3, 0.4) is 0 Å². The number of anilines is 1. The first-order valence-corrected chi connectivity index (χ1v) is 5.26. The van der Waals surface area contributed by atoms with Crippen LogP contribution in [0.4, 0.5) is 5.69 Å². The van der Waals surface area contributed by atoms with Crippen molar-refractivity contribution < 1.29 is 4.79 Å². The molecule has 2 N–H and O–H groups in total. The van der Waals surface area contributed by atoms with Gasteiger partial charge in [0.25, 0.3) is 0 Å². The molecule has 1 aliphatic rings. The molecule has 3 nitrogen and oxygen atoms in total. The van der Waals surface area contributed by atoms with Crippen LogP contribution in [0.2, 0.25) is 0 Å². The molecule has 1 aliphatic heterocycles. The third kappa shape index (κ3) is 2.20. The van der Waals surface area contributed by atoms with Crippen molar-refractivity contribution >= 4 is 24.0 Å². The highest BCUT2D eigenvalue weighted by Gasteiger charge is 2.26. The minimum absolute atomic E-state index is 0. The molecule has 0 saturated heterocycles. The summed E-state index contributed by atoms with van der Waals surface area (Å²) in [6.07, 6.45) is 0.940. The largest absolute Gasteiger partial charge is 0.320 e. The first kappa shape index (κ1) is 13.0. The van der Waals surface area contributed by atoms with E-state index in [0.29, 0.717) is 0 Å². The number of amides is 1. The Hall–Kier alpha value is -1.06. The van der Waals surface area contributed by atoms with E-state index in [1.54, 1.807) is 11.8 Å². The van der Waals surface area contributed by atoms with Crippen LogP contribution in [0.1, 0.15) is 18.1 Å². The molecular formula is C12H17ClN2O. The Labute approximate surface area is 102 Å². The van der Waals surface area contributed by atoms with Crippen molar-refractivity contribution in [2.24, 2.45) is 5.73 Å². The summed E-state index contributed by atoms with van der Waals surface area (Å²) in [5.74, 6) is 0.0117. The molecule has 0 bridgehead atoms.